The van der Waals surface area contributed by atoms with E-state index in [1.165, 1.54) is 0 Å². The maximum Gasteiger partial charge on any atom is 0.254 e. The van der Waals surface area contributed by atoms with Gasteiger partial charge in [-0.25, -0.2) is 0 Å². The van der Waals surface area contributed by atoms with Gasteiger partial charge in [0.05, 0.1) is 5.60 Å². The van der Waals surface area contributed by atoms with Crippen LogP contribution in [0.1, 0.15) is 43.1 Å². The van der Waals surface area contributed by atoms with Crippen LogP contribution in [-0.4, -0.2) is 46.6 Å². The summed E-state index contributed by atoms with van der Waals surface area (Å²) in [6.07, 6.45) is 1.32. The Hall–Kier alpha value is -2.66. The van der Waals surface area contributed by atoms with Crippen LogP contribution in [0.15, 0.2) is 54.6 Å². The monoisotopic (exact) mass is 380 g/mol. The van der Waals surface area contributed by atoms with Crippen molar-refractivity contribution in [3.8, 4) is 0 Å². The smallest absolute Gasteiger partial charge is 0.254 e. The molecule has 5 nitrogen and oxygen atoms in total. The summed E-state index contributed by atoms with van der Waals surface area (Å²) >= 11 is 0. The van der Waals surface area contributed by atoms with Crippen molar-refractivity contribution in [2.24, 2.45) is 0 Å². The Balaban J connectivity index is 1.72. The molecule has 0 aliphatic carbocycles. The quantitative estimate of drug-likeness (QED) is 0.866. The molecule has 1 aliphatic rings. The van der Waals surface area contributed by atoms with Crippen LogP contribution in [-0.2, 0) is 11.2 Å². The van der Waals surface area contributed by atoms with Gasteiger partial charge in [-0.2, -0.15) is 0 Å². The van der Waals surface area contributed by atoms with Crippen molar-refractivity contribution >= 4 is 17.5 Å². The first-order chi connectivity index (χ1) is 13.3. The van der Waals surface area contributed by atoms with E-state index in [0.29, 0.717) is 31.5 Å². The summed E-state index contributed by atoms with van der Waals surface area (Å²) in [6, 6.07) is 16.5. The van der Waals surface area contributed by atoms with E-state index in [2.05, 4.69) is 0 Å². The van der Waals surface area contributed by atoms with Crippen LogP contribution < -0.4 is 4.90 Å². The number of amides is 2. The number of piperazine rings is 1. The molecule has 0 saturated carbocycles. The highest BCUT2D eigenvalue weighted by molar-refractivity contribution is 6.03. The number of aliphatic hydroxyl groups is 1. The zero-order valence-corrected chi connectivity index (χ0v) is 16.8. The van der Waals surface area contributed by atoms with Crippen LogP contribution in [0.3, 0.4) is 0 Å². The molecular weight excluding hydrogens is 352 g/mol. The Morgan fingerprint density at radius 3 is 2.50 bits per heavy atom. The predicted molar refractivity (Wildman–Crippen MR) is 110 cm³/mol. The molecule has 1 N–H and O–H groups in total. The van der Waals surface area contributed by atoms with Gasteiger partial charge in [-0.05, 0) is 63.4 Å². The van der Waals surface area contributed by atoms with E-state index in [9.17, 15) is 14.7 Å². The van der Waals surface area contributed by atoms with Crippen molar-refractivity contribution in [2.75, 3.05) is 18.0 Å². The highest BCUT2D eigenvalue weighted by atomic mass is 16.3. The second-order valence-electron chi connectivity index (χ2n) is 8.01. The molecule has 1 atom stereocenters. The zero-order valence-electron chi connectivity index (χ0n) is 16.8. The van der Waals surface area contributed by atoms with Gasteiger partial charge in [-0.3, -0.25) is 9.59 Å². The topological polar surface area (TPSA) is 60.9 Å². The Morgan fingerprint density at radius 2 is 1.82 bits per heavy atom. The number of benzene rings is 2. The summed E-state index contributed by atoms with van der Waals surface area (Å²) in [5.41, 5.74) is 1.71. The number of nitrogens with zero attached hydrogens (tertiary/aromatic N) is 2. The normalized spacial score (nSPS) is 17.7. The van der Waals surface area contributed by atoms with E-state index < -0.39 is 11.6 Å². The van der Waals surface area contributed by atoms with Gasteiger partial charge in [0.25, 0.3) is 5.91 Å². The van der Waals surface area contributed by atoms with Crippen molar-refractivity contribution < 1.29 is 14.7 Å². The maximum atomic E-state index is 13.1. The van der Waals surface area contributed by atoms with Gasteiger partial charge in [-0.15, -0.1) is 0 Å². The minimum Gasteiger partial charge on any atom is -0.390 e. The Labute approximate surface area is 166 Å². The molecular formula is C23H28N2O3. The number of hydrogen-bond donors (Lipinski definition) is 1. The third kappa shape index (κ3) is 4.60. The van der Waals surface area contributed by atoms with Gasteiger partial charge in [-0.1, -0.05) is 30.3 Å². The number of anilines is 1. The Bertz CT molecular complexity index is 842. The molecule has 0 radical (unpaired) electrons. The van der Waals surface area contributed by atoms with Crippen LogP contribution in [0, 0.1) is 0 Å². The standard InChI is InChI=1S/C23H28N2O3/c1-17-21(26)25(20-10-5-4-6-11-20)15-14-24(17)22(27)19-9-7-8-18(16-19)12-13-23(2,3)28/h4-11,16-17,28H,12-15H2,1-3H3/t17-/m1/s1. The predicted octanol–water partition coefficient (Wildman–Crippen LogP) is 3.27. The summed E-state index contributed by atoms with van der Waals surface area (Å²) < 4.78 is 0. The molecule has 148 valence electrons. The minimum absolute atomic E-state index is 0.0658. The molecule has 1 aliphatic heterocycles. The van der Waals surface area contributed by atoms with E-state index in [1.54, 1.807) is 36.6 Å². The van der Waals surface area contributed by atoms with E-state index in [-0.39, 0.29) is 11.8 Å². The lowest BCUT2D eigenvalue weighted by Crippen LogP contribution is -2.57. The van der Waals surface area contributed by atoms with Crippen molar-refractivity contribution in [2.45, 2.75) is 45.3 Å². The molecule has 0 aromatic heterocycles. The Morgan fingerprint density at radius 1 is 1.11 bits per heavy atom. The summed E-state index contributed by atoms with van der Waals surface area (Å²) in [6.45, 7) is 6.32. The highest BCUT2D eigenvalue weighted by Gasteiger charge is 2.35. The SMILES string of the molecule is C[C@@H]1C(=O)N(c2ccccc2)CCN1C(=O)c1cccc(CCC(C)(C)O)c1. The molecule has 2 aromatic carbocycles. The fraction of sp³-hybridized carbons (Fsp3) is 0.391. The highest BCUT2D eigenvalue weighted by Crippen LogP contribution is 2.22. The Kier molecular flexibility index (Phi) is 5.84. The molecule has 1 heterocycles. The molecule has 2 aromatic rings. The number of carbonyl (C=O) groups is 2. The van der Waals surface area contributed by atoms with E-state index in [1.807, 2.05) is 48.5 Å². The average Bonchev–Trinajstić information content (AvgIpc) is 2.68. The summed E-state index contributed by atoms with van der Waals surface area (Å²) in [5, 5.41) is 9.93. The number of carbonyl (C=O) groups excluding carboxylic acids is 2. The minimum atomic E-state index is -0.741. The van der Waals surface area contributed by atoms with Crippen LogP contribution in [0.4, 0.5) is 5.69 Å². The zero-order chi connectivity index (χ0) is 20.3. The van der Waals surface area contributed by atoms with Crippen molar-refractivity contribution in [3.63, 3.8) is 0 Å². The van der Waals surface area contributed by atoms with E-state index >= 15 is 0 Å². The lowest BCUT2D eigenvalue weighted by Gasteiger charge is -2.39. The van der Waals surface area contributed by atoms with Crippen LogP contribution in [0.2, 0.25) is 0 Å². The average molecular weight is 380 g/mol. The molecule has 2 amide bonds. The first-order valence-electron chi connectivity index (χ1n) is 9.75. The van der Waals surface area contributed by atoms with E-state index in [0.717, 1.165) is 11.3 Å². The van der Waals surface area contributed by atoms with Gasteiger partial charge in [0, 0.05) is 24.3 Å². The second-order valence-corrected chi connectivity index (χ2v) is 8.01. The van der Waals surface area contributed by atoms with Gasteiger partial charge in [0.15, 0.2) is 0 Å². The third-order valence-corrected chi connectivity index (χ3v) is 5.18. The lowest BCUT2D eigenvalue weighted by molar-refractivity contribution is -0.124. The molecule has 3 rings (SSSR count). The summed E-state index contributed by atoms with van der Waals surface area (Å²) in [4.78, 5) is 29.3. The number of para-hydroxylation sites is 1. The van der Waals surface area contributed by atoms with Gasteiger partial charge < -0.3 is 14.9 Å². The third-order valence-electron chi connectivity index (χ3n) is 5.18. The van der Waals surface area contributed by atoms with Crippen LogP contribution in [0.25, 0.3) is 0 Å². The maximum absolute atomic E-state index is 13.1. The number of aryl methyl sites for hydroxylation is 1. The lowest BCUT2D eigenvalue weighted by atomic mass is 9.97. The van der Waals surface area contributed by atoms with Crippen molar-refractivity contribution in [1.82, 2.24) is 4.90 Å². The van der Waals surface area contributed by atoms with Crippen LogP contribution in [0.5, 0.6) is 0 Å². The largest absolute Gasteiger partial charge is 0.390 e. The van der Waals surface area contributed by atoms with Gasteiger partial charge >= 0.3 is 0 Å². The van der Waals surface area contributed by atoms with Crippen LogP contribution >= 0.6 is 0 Å². The van der Waals surface area contributed by atoms with Crippen molar-refractivity contribution in [1.29, 1.82) is 0 Å². The first kappa shape index (κ1) is 20.1. The molecule has 0 spiro atoms. The number of rotatable bonds is 5. The number of hydrogen-bond acceptors (Lipinski definition) is 3. The molecule has 28 heavy (non-hydrogen) atoms. The fourth-order valence-electron chi connectivity index (χ4n) is 3.49. The molecule has 1 fully saturated rings. The van der Waals surface area contributed by atoms with Crippen molar-refractivity contribution in [3.05, 3.63) is 65.7 Å². The van der Waals surface area contributed by atoms with E-state index in [4.69, 9.17) is 0 Å². The second kappa shape index (κ2) is 8.15. The first-order valence-corrected chi connectivity index (χ1v) is 9.75. The fourth-order valence-corrected chi connectivity index (χ4v) is 3.49. The molecule has 0 unspecified atom stereocenters. The van der Waals surface area contributed by atoms with Gasteiger partial charge in [0.2, 0.25) is 5.91 Å². The molecule has 5 heteroatoms. The molecule has 1 saturated heterocycles. The summed E-state index contributed by atoms with van der Waals surface area (Å²) in [5.74, 6) is -0.192. The summed E-state index contributed by atoms with van der Waals surface area (Å²) in [7, 11) is 0. The van der Waals surface area contributed by atoms with Gasteiger partial charge in [0.1, 0.15) is 6.04 Å². The molecule has 0 bridgehead atoms.